The third kappa shape index (κ3) is 7.78. The third-order valence-electron chi connectivity index (χ3n) is 7.94. The number of phenols is 1. The Bertz CT molecular complexity index is 1340. The van der Waals surface area contributed by atoms with Crippen molar-refractivity contribution in [1.82, 2.24) is 10.3 Å². The van der Waals surface area contributed by atoms with Gasteiger partial charge in [-0.25, -0.2) is 8.78 Å². The van der Waals surface area contributed by atoms with Crippen LogP contribution in [0.3, 0.4) is 0 Å². The predicted octanol–water partition coefficient (Wildman–Crippen LogP) is 4.59. The van der Waals surface area contributed by atoms with Crippen LogP contribution in [0.4, 0.5) is 8.78 Å². The van der Waals surface area contributed by atoms with Crippen molar-refractivity contribution in [2.45, 2.75) is 56.9 Å². The number of nitrogens with one attached hydrogen (secondary N) is 2. The number of carbonyl (C=O) groups is 1. The lowest BCUT2D eigenvalue weighted by molar-refractivity contribution is -0.951. The van der Waals surface area contributed by atoms with Gasteiger partial charge in [-0.2, -0.15) is 0 Å². The number of benzene rings is 2. The van der Waals surface area contributed by atoms with Crippen LogP contribution in [0.15, 0.2) is 41.2 Å². The van der Waals surface area contributed by atoms with E-state index in [1.807, 2.05) is 30.3 Å². The van der Waals surface area contributed by atoms with Gasteiger partial charge in [-0.05, 0) is 42.3 Å². The minimum absolute atomic E-state index is 0.0128. The van der Waals surface area contributed by atoms with E-state index in [0.29, 0.717) is 73.4 Å². The highest BCUT2D eigenvalue weighted by Gasteiger charge is 2.44. The summed E-state index contributed by atoms with van der Waals surface area (Å²) in [6, 6.07) is 11.1. The number of carbonyl (C=O) groups excluding carboxylic acids is 1. The van der Waals surface area contributed by atoms with E-state index < -0.39 is 11.8 Å². The van der Waals surface area contributed by atoms with Gasteiger partial charge in [0, 0.05) is 43.7 Å². The Morgan fingerprint density at radius 3 is 2.64 bits per heavy atom. The maximum Gasteiger partial charge on any atom is 0.305 e. The number of thiazole rings is 1. The molecule has 5 N–H and O–H groups in total. The summed E-state index contributed by atoms with van der Waals surface area (Å²) in [6.45, 7) is 3.14. The minimum Gasteiger partial charge on any atom is -0.506 e. The lowest BCUT2D eigenvalue weighted by Gasteiger charge is -2.47. The molecule has 4 rings (SSSR count). The Balaban J connectivity index is 1.46. The van der Waals surface area contributed by atoms with Crippen molar-refractivity contribution >= 4 is 39.1 Å². The van der Waals surface area contributed by atoms with Crippen LogP contribution in [0, 0.1) is 0 Å². The molecule has 1 heterocycles. The molecule has 1 aliphatic carbocycles. The molecule has 1 fully saturated rings. The summed E-state index contributed by atoms with van der Waals surface area (Å²) in [7, 11) is 0. The van der Waals surface area contributed by atoms with E-state index in [1.54, 1.807) is 6.07 Å². The van der Waals surface area contributed by atoms with E-state index in [4.69, 9.17) is 17.3 Å². The standard InChI is InChI=1S/C28H35ClF2N4O3S/c29-21-3-1-2-19(18-21)9-15-35(16-10-24(32)37,22-6-11-28(30,31)12-7-22)17-14-33-13-8-20-4-5-23(36)25-26(20)39-27(38)34-25/h1-5,18,22,33H,6-17H2,(H3-,32,34,36,37,38)/p+1. The Hall–Kier alpha value is -2.53. The SMILES string of the molecule is NC(=O)CC[N+](CCNCCc1ccc(O)c2[nH]c(=O)sc12)(CCc1cccc(Cl)c1)C1CCC(F)(F)CC1. The highest BCUT2D eigenvalue weighted by Crippen LogP contribution is 2.38. The van der Waals surface area contributed by atoms with E-state index in [-0.39, 0.29) is 35.9 Å². The number of nitrogens with zero attached hydrogens (tertiary/aromatic N) is 1. The molecular weight excluding hydrogens is 546 g/mol. The summed E-state index contributed by atoms with van der Waals surface area (Å²) in [5, 5.41) is 14.2. The van der Waals surface area contributed by atoms with E-state index >= 15 is 0 Å². The van der Waals surface area contributed by atoms with Crippen LogP contribution in [0.1, 0.15) is 43.2 Å². The highest BCUT2D eigenvalue weighted by molar-refractivity contribution is 7.16. The fraction of sp³-hybridized carbons (Fsp3) is 0.500. The summed E-state index contributed by atoms with van der Waals surface area (Å²) in [5.74, 6) is -2.98. The molecule has 0 saturated heterocycles. The summed E-state index contributed by atoms with van der Waals surface area (Å²) in [5.41, 5.74) is 8.04. The van der Waals surface area contributed by atoms with Crippen molar-refractivity contribution in [1.29, 1.82) is 0 Å². The lowest BCUT2D eigenvalue weighted by Crippen LogP contribution is -2.61. The topological polar surface area (TPSA) is 108 Å². The largest absolute Gasteiger partial charge is 0.506 e. The number of quaternary nitrogens is 1. The molecule has 11 heteroatoms. The molecule has 1 atom stereocenters. The lowest BCUT2D eigenvalue weighted by atomic mass is 9.88. The quantitative estimate of drug-likeness (QED) is 0.175. The predicted molar refractivity (Wildman–Crippen MR) is 152 cm³/mol. The molecule has 3 aromatic rings. The van der Waals surface area contributed by atoms with E-state index in [1.165, 1.54) is 0 Å². The van der Waals surface area contributed by atoms with Crippen LogP contribution < -0.4 is 15.9 Å². The first-order chi connectivity index (χ1) is 18.6. The smallest absolute Gasteiger partial charge is 0.305 e. The van der Waals surface area contributed by atoms with Crippen molar-refractivity contribution in [3.63, 3.8) is 0 Å². The van der Waals surface area contributed by atoms with Crippen LogP contribution in [-0.2, 0) is 17.6 Å². The number of nitrogens with two attached hydrogens (primary N) is 1. The molecule has 0 aliphatic heterocycles. The van der Waals surface area contributed by atoms with E-state index in [2.05, 4.69) is 10.3 Å². The zero-order valence-corrected chi connectivity index (χ0v) is 23.4. The average molecular weight is 582 g/mol. The zero-order chi connectivity index (χ0) is 28.0. The summed E-state index contributed by atoms with van der Waals surface area (Å²) in [4.78, 5) is 26.1. The maximum atomic E-state index is 14.1. The molecule has 7 nitrogen and oxygen atoms in total. The molecule has 2 aromatic carbocycles. The molecule has 0 bridgehead atoms. The van der Waals surface area contributed by atoms with Crippen LogP contribution in [0.2, 0.25) is 5.02 Å². The van der Waals surface area contributed by atoms with Crippen molar-refractivity contribution in [3.8, 4) is 5.75 Å². The maximum absolute atomic E-state index is 14.1. The zero-order valence-electron chi connectivity index (χ0n) is 21.9. The molecule has 212 valence electrons. The van der Waals surface area contributed by atoms with Gasteiger partial charge in [0.25, 0.3) is 0 Å². The Morgan fingerprint density at radius 2 is 1.92 bits per heavy atom. The molecule has 1 unspecified atom stereocenters. The fourth-order valence-corrected chi connectivity index (χ4v) is 6.86. The monoisotopic (exact) mass is 581 g/mol. The number of aromatic hydroxyl groups is 1. The van der Waals surface area contributed by atoms with Crippen LogP contribution in [0.25, 0.3) is 10.2 Å². The van der Waals surface area contributed by atoms with Crippen molar-refractivity contribution in [3.05, 3.63) is 62.2 Å². The number of amides is 1. The normalized spacial score (nSPS) is 17.3. The van der Waals surface area contributed by atoms with Crippen molar-refractivity contribution in [2.75, 3.05) is 32.7 Å². The fourth-order valence-electron chi connectivity index (χ4n) is 5.75. The number of phenolic OH excluding ortho intramolecular Hbond substituents is 1. The van der Waals surface area contributed by atoms with Gasteiger partial charge in [-0.3, -0.25) is 9.59 Å². The number of rotatable bonds is 13. The number of hydrogen-bond acceptors (Lipinski definition) is 5. The van der Waals surface area contributed by atoms with Gasteiger partial charge in [0.05, 0.1) is 36.8 Å². The number of H-pyrrole nitrogens is 1. The van der Waals surface area contributed by atoms with Gasteiger partial charge in [-0.1, -0.05) is 41.1 Å². The van der Waals surface area contributed by atoms with E-state index in [9.17, 15) is 23.5 Å². The first-order valence-electron chi connectivity index (χ1n) is 13.4. The second-order valence-corrected chi connectivity index (χ2v) is 12.0. The molecule has 39 heavy (non-hydrogen) atoms. The Morgan fingerprint density at radius 1 is 1.15 bits per heavy atom. The molecular formula is C28H36ClF2N4O3S+. The number of primary amides is 1. The van der Waals surface area contributed by atoms with Crippen molar-refractivity contribution < 1.29 is 23.2 Å². The number of fused-ring (bicyclic) bond motifs is 1. The number of aromatic amines is 1. The molecule has 1 aliphatic rings. The van der Waals surface area contributed by atoms with Gasteiger partial charge in [0.2, 0.25) is 11.8 Å². The first-order valence-corrected chi connectivity index (χ1v) is 14.6. The summed E-state index contributed by atoms with van der Waals surface area (Å²) >= 11 is 7.28. The number of alkyl halides is 2. The molecule has 0 radical (unpaired) electrons. The summed E-state index contributed by atoms with van der Waals surface area (Å²) in [6.07, 6.45) is 2.08. The Labute approximate surface area is 235 Å². The van der Waals surface area contributed by atoms with Gasteiger partial charge in [0.15, 0.2) is 0 Å². The number of aromatic nitrogens is 1. The van der Waals surface area contributed by atoms with Crippen LogP contribution in [-0.4, -0.2) is 65.2 Å². The van der Waals surface area contributed by atoms with Gasteiger partial charge < -0.3 is 25.6 Å². The van der Waals surface area contributed by atoms with Gasteiger partial charge in [-0.15, -0.1) is 0 Å². The average Bonchev–Trinajstić information content (AvgIpc) is 3.29. The third-order valence-corrected chi connectivity index (χ3v) is 9.14. The molecule has 1 amide bonds. The highest BCUT2D eigenvalue weighted by atomic mass is 35.5. The Kier molecular flexibility index (Phi) is 9.64. The molecule has 1 saturated carbocycles. The number of halogens is 3. The van der Waals surface area contributed by atoms with Gasteiger partial charge >= 0.3 is 4.87 Å². The second-order valence-electron chi connectivity index (χ2n) is 10.5. The van der Waals surface area contributed by atoms with Gasteiger partial charge in [0.1, 0.15) is 11.3 Å². The van der Waals surface area contributed by atoms with Crippen LogP contribution in [0.5, 0.6) is 5.75 Å². The van der Waals surface area contributed by atoms with Crippen LogP contribution >= 0.6 is 22.9 Å². The minimum atomic E-state index is -2.64. The molecule has 0 spiro atoms. The van der Waals surface area contributed by atoms with E-state index in [0.717, 1.165) is 27.2 Å². The van der Waals surface area contributed by atoms with Crippen molar-refractivity contribution in [2.24, 2.45) is 5.73 Å². The second kappa shape index (κ2) is 12.8. The molecule has 1 aromatic heterocycles. The number of hydrogen-bond donors (Lipinski definition) is 4. The first kappa shape index (κ1) is 29.5. The summed E-state index contributed by atoms with van der Waals surface area (Å²) < 4.78 is 29.5.